The molecular weight excluding hydrogens is 226 g/mol. The van der Waals surface area contributed by atoms with Gasteiger partial charge in [0.25, 0.3) is 0 Å². The van der Waals surface area contributed by atoms with E-state index in [0.29, 0.717) is 0 Å². The molecule has 0 aliphatic carbocycles. The fraction of sp³-hybridized carbons (Fsp3) is 0.500. The first-order valence-electron chi connectivity index (χ1n) is 6.20. The molecule has 0 unspecified atom stereocenters. The molecule has 0 saturated heterocycles. The minimum Gasteiger partial charge on any atom is -0.325 e. The van der Waals surface area contributed by atoms with Crippen LogP contribution in [0.4, 0.5) is 5.69 Å². The molecule has 0 aliphatic heterocycles. The molecule has 0 heterocycles. The van der Waals surface area contributed by atoms with Gasteiger partial charge in [-0.25, -0.2) is 0 Å². The van der Waals surface area contributed by atoms with Crippen molar-refractivity contribution in [3.8, 4) is 0 Å². The topological polar surface area (TPSA) is 58.4 Å². The van der Waals surface area contributed by atoms with Gasteiger partial charge in [0, 0.05) is 12.2 Å². The summed E-state index contributed by atoms with van der Waals surface area (Å²) in [6.45, 7) is 4.76. The number of benzene rings is 1. The van der Waals surface area contributed by atoms with Gasteiger partial charge < -0.3 is 16.0 Å². The number of nitrogens with two attached hydrogens (primary N) is 1. The van der Waals surface area contributed by atoms with Crippen LogP contribution in [0.15, 0.2) is 24.3 Å². The van der Waals surface area contributed by atoms with E-state index in [1.165, 1.54) is 5.56 Å². The summed E-state index contributed by atoms with van der Waals surface area (Å²) in [5, 5.41) is 2.83. The van der Waals surface area contributed by atoms with Crippen LogP contribution in [-0.2, 0) is 11.3 Å². The van der Waals surface area contributed by atoms with Crippen molar-refractivity contribution < 1.29 is 4.79 Å². The van der Waals surface area contributed by atoms with Crippen LogP contribution in [-0.4, -0.2) is 30.9 Å². The summed E-state index contributed by atoms with van der Waals surface area (Å²) in [5.41, 5.74) is 7.79. The predicted molar refractivity (Wildman–Crippen MR) is 75.3 cm³/mol. The number of anilines is 1. The van der Waals surface area contributed by atoms with Crippen molar-refractivity contribution in [1.29, 1.82) is 0 Å². The number of nitrogens with zero attached hydrogens (tertiary/aromatic N) is 1. The first kappa shape index (κ1) is 14.7. The van der Waals surface area contributed by atoms with E-state index in [2.05, 4.69) is 10.2 Å². The molecule has 3 N–H and O–H groups in total. The number of carbonyl (C=O) groups excluding carboxylic acids is 1. The second kappa shape index (κ2) is 6.52. The average Bonchev–Trinajstić information content (AvgIpc) is 2.29. The first-order valence-corrected chi connectivity index (χ1v) is 6.20. The Labute approximate surface area is 109 Å². The van der Waals surface area contributed by atoms with Gasteiger partial charge in [-0.1, -0.05) is 26.0 Å². The fourth-order valence-corrected chi connectivity index (χ4v) is 1.59. The average molecular weight is 249 g/mol. The second-order valence-electron chi connectivity index (χ2n) is 5.19. The van der Waals surface area contributed by atoms with Gasteiger partial charge >= 0.3 is 0 Å². The Morgan fingerprint density at radius 2 is 1.83 bits per heavy atom. The molecule has 1 aromatic rings. The highest BCUT2D eigenvalue weighted by atomic mass is 16.2. The Kier molecular flexibility index (Phi) is 5.31. The van der Waals surface area contributed by atoms with Crippen LogP contribution in [0.5, 0.6) is 0 Å². The molecule has 0 bridgehead atoms. The summed E-state index contributed by atoms with van der Waals surface area (Å²) in [6, 6.07) is 7.37. The molecule has 100 valence electrons. The van der Waals surface area contributed by atoms with Gasteiger partial charge in [0.1, 0.15) is 0 Å². The third kappa shape index (κ3) is 4.47. The Morgan fingerprint density at radius 1 is 1.28 bits per heavy atom. The maximum atomic E-state index is 11.8. The van der Waals surface area contributed by atoms with Gasteiger partial charge in [-0.2, -0.15) is 0 Å². The lowest BCUT2D eigenvalue weighted by Crippen LogP contribution is -2.39. The molecule has 1 aromatic carbocycles. The highest BCUT2D eigenvalue weighted by Gasteiger charge is 2.16. The lowest BCUT2D eigenvalue weighted by atomic mass is 10.0. The van der Waals surface area contributed by atoms with Gasteiger partial charge in [0.15, 0.2) is 0 Å². The molecule has 0 saturated carbocycles. The smallest absolute Gasteiger partial charge is 0.241 e. The number of amides is 1. The molecule has 1 rings (SSSR count). The molecule has 0 aromatic heterocycles. The highest BCUT2D eigenvalue weighted by Crippen LogP contribution is 2.11. The number of hydrogen-bond donors (Lipinski definition) is 2. The molecule has 4 heteroatoms. The molecule has 4 nitrogen and oxygen atoms in total. The molecule has 0 fully saturated rings. The van der Waals surface area contributed by atoms with Gasteiger partial charge in [-0.15, -0.1) is 0 Å². The van der Waals surface area contributed by atoms with E-state index < -0.39 is 6.04 Å². The molecular formula is C14H23N3O. The molecule has 18 heavy (non-hydrogen) atoms. The van der Waals surface area contributed by atoms with E-state index in [1.807, 2.05) is 52.2 Å². The van der Waals surface area contributed by atoms with Crippen molar-refractivity contribution in [2.45, 2.75) is 26.4 Å². The normalized spacial score (nSPS) is 12.8. The van der Waals surface area contributed by atoms with Gasteiger partial charge in [-0.3, -0.25) is 4.79 Å². The zero-order valence-corrected chi connectivity index (χ0v) is 11.6. The molecule has 1 amide bonds. The van der Waals surface area contributed by atoms with Crippen LogP contribution in [0, 0.1) is 5.92 Å². The summed E-state index contributed by atoms with van der Waals surface area (Å²) in [5.74, 6) is 0.00312. The van der Waals surface area contributed by atoms with Gasteiger partial charge in [-0.05, 0) is 37.7 Å². The zero-order valence-electron chi connectivity index (χ0n) is 11.6. The van der Waals surface area contributed by atoms with Crippen molar-refractivity contribution in [3.63, 3.8) is 0 Å². The van der Waals surface area contributed by atoms with Crippen LogP contribution < -0.4 is 11.1 Å². The van der Waals surface area contributed by atoms with E-state index >= 15 is 0 Å². The molecule has 0 radical (unpaired) electrons. The van der Waals surface area contributed by atoms with E-state index in [0.717, 1.165) is 12.2 Å². The van der Waals surface area contributed by atoms with Crippen molar-refractivity contribution in [1.82, 2.24) is 4.90 Å². The van der Waals surface area contributed by atoms with E-state index in [4.69, 9.17) is 5.73 Å². The van der Waals surface area contributed by atoms with Gasteiger partial charge in [0.05, 0.1) is 6.04 Å². The van der Waals surface area contributed by atoms with Crippen LogP contribution in [0.2, 0.25) is 0 Å². The summed E-state index contributed by atoms with van der Waals surface area (Å²) < 4.78 is 0. The number of nitrogens with one attached hydrogen (secondary N) is 1. The Morgan fingerprint density at radius 3 is 2.28 bits per heavy atom. The lowest BCUT2D eigenvalue weighted by Gasteiger charge is -2.15. The van der Waals surface area contributed by atoms with Crippen LogP contribution in [0.3, 0.4) is 0 Å². The van der Waals surface area contributed by atoms with E-state index in [9.17, 15) is 4.79 Å². The molecule has 1 atom stereocenters. The van der Waals surface area contributed by atoms with Crippen molar-refractivity contribution >= 4 is 11.6 Å². The van der Waals surface area contributed by atoms with Crippen LogP contribution in [0.1, 0.15) is 19.4 Å². The standard InChI is InChI=1S/C14H23N3O/c1-10(2)13(15)14(18)16-12-7-5-11(6-8-12)9-17(3)4/h5-8,10,13H,9,15H2,1-4H3,(H,16,18)/t13-/m0/s1. The summed E-state index contributed by atoms with van der Waals surface area (Å²) >= 11 is 0. The van der Waals surface area contributed by atoms with Crippen LogP contribution in [0.25, 0.3) is 0 Å². The maximum Gasteiger partial charge on any atom is 0.241 e. The van der Waals surface area contributed by atoms with Gasteiger partial charge in [0.2, 0.25) is 5.91 Å². The maximum absolute atomic E-state index is 11.8. The lowest BCUT2D eigenvalue weighted by molar-refractivity contribution is -0.118. The fourth-order valence-electron chi connectivity index (χ4n) is 1.59. The third-order valence-corrected chi connectivity index (χ3v) is 2.74. The number of hydrogen-bond acceptors (Lipinski definition) is 3. The Bertz CT molecular complexity index is 385. The minimum absolute atomic E-state index is 0.134. The Hall–Kier alpha value is -1.39. The second-order valence-corrected chi connectivity index (χ2v) is 5.19. The quantitative estimate of drug-likeness (QED) is 0.834. The van der Waals surface area contributed by atoms with Crippen LogP contribution >= 0.6 is 0 Å². The van der Waals surface area contributed by atoms with Crippen molar-refractivity contribution in [3.05, 3.63) is 29.8 Å². The van der Waals surface area contributed by atoms with E-state index in [1.54, 1.807) is 0 Å². The number of carbonyl (C=O) groups is 1. The first-order chi connectivity index (χ1) is 8.40. The predicted octanol–water partition coefficient (Wildman–Crippen LogP) is 1.67. The largest absolute Gasteiger partial charge is 0.325 e. The molecule has 0 spiro atoms. The number of rotatable bonds is 5. The van der Waals surface area contributed by atoms with E-state index in [-0.39, 0.29) is 11.8 Å². The minimum atomic E-state index is -0.466. The summed E-state index contributed by atoms with van der Waals surface area (Å²) in [6.07, 6.45) is 0. The van der Waals surface area contributed by atoms with Crippen molar-refractivity contribution in [2.24, 2.45) is 11.7 Å². The summed E-state index contributed by atoms with van der Waals surface area (Å²) in [4.78, 5) is 13.9. The Balaban J connectivity index is 2.61. The highest BCUT2D eigenvalue weighted by molar-refractivity contribution is 5.94. The molecule has 0 aliphatic rings. The summed E-state index contributed by atoms with van der Waals surface area (Å²) in [7, 11) is 4.05. The van der Waals surface area contributed by atoms with Crippen molar-refractivity contribution in [2.75, 3.05) is 19.4 Å². The zero-order chi connectivity index (χ0) is 13.7. The SMILES string of the molecule is CC(C)[C@H](N)C(=O)Nc1ccc(CN(C)C)cc1. The third-order valence-electron chi connectivity index (χ3n) is 2.74. The monoisotopic (exact) mass is 249 g/mol.